The van der Waals surface area contributed by atoms with Crippen LogP contribution in [0.5, 0.6) is 0 Å². The van der Waals surface area contributed by atoms with Crippen molar-refractivity contribution in [3.8, 4) is 0 Å². The Labute approximate surface area is 177 Å². The van der Waals surface area contributed by atoms with Crippen LogP contribution in [-0.4, -0.2) is 73.4 Å². The van der Waals surface area contributed by atoms with Crippen LogP contribution in [0.1, 0.15) is 38.5 Å². The molecular weight excluding hydrogens is 382 g/mol. The number of hydrogen-bond acceptors (Lipinski definition) is 7. The molecule has 164 valence electrons. The number of pyridine rings is 1. The Morgan fingerprint density at radius 3 is 2.80 bits per heavy atom. The molecule has 3 heterocycles. The van der Waals surface area contributed by atoms with Gasteiger partial charge in [-0.05, 0) is 44.6 Å². The summed E-state index contributed by atoms with van der Waals surface area (Å²) in [6, 6.07) is 2.21. The van der Waals surface area contributed by atoms with Crippen molar-refractivity contribution in [2.24, 2.45) is 5.92 Å². The van der Waals surface area contributed by atoms with Crippen molar-refractivity contribution in [3.05, 3.63) is 18.5 Å². The lowest BCUT2D eigenvalue weighted by Gasteiger charge is -2.36. The second-order valence-electron chi connectivity index (χ2n) is 8.52. The maximum absolute atomic E-state index is 11.9. The van der Waals surface area contributed by atoms with Crippen molar-refractivity contribution in [1.29, 1.82) is 0 Å². The number of nitrogens with zero attached hydrogens (tertiary/aromatic N) is 4. The summed E-state index contributed by atoms with van der Waals surface area (Å²) in [7, 11) is 1.63. The molecule has 8 nitrogen and oxygen atoms in total. The highest BCUT2D eigenvalue weighted by atomic mass is 16.5. The van der Waals surface area contributed by atoms with Crippen LogP contribution in [0, 0.1) is 5.92 Å². The SMILES string of the molecule is COCCC(=O)NC1CCC(CCN2CCN(c3noc4ccncc34)CC2)CC1. The molecule has 4 rings (SSSR count). The van der Waals surface area contributed by atoms with Crippen molar-refractivity contribution in [3.63, 3.8) is 0 Å². The number of carbonyl (C=O) groups is 1. The van der Waals surface area contributed by atoms with E-state index in [1.54, 1.807) is 13.3 Å². The van der Waals surface area contributed by atoms with Crippen molar-refractivity contribution >= 4 is 22.7 Å². The predicted molar refractivity (Wildman–Crippen MR) is 115 cm³/mol. The summed E-state index contributed by atoms with van der Waals surface area (Å²) in [6.07, 6.45) is 9.92. The van der Waals surface area contributed by atoms with Crippen molar-refractivity contribution < 1.29 is 14.1 Å². The average molecular weight is 416 g/mol. The summed E-state index contributed by atoms with van der Waals surface area (Å²) >= 11 is 0. The zero-order valence-electron chi connectivity index (χ0n) is 17.9. The quantitative estimate of drug-likeness (QED) is 0.709. The number of piperazine rings is 1. The van der Waals surface area contributed by atoms with Gasteiger partial charge >= 0.3 is 0 Å². The molecule has 1 amide bonds. The first kappa shape index (κ1) is 21.1. The van der Waals surface area contributed by atoms with Gasteiger partial charge in [-0.3, -0.25) is 14.7 Å². The Hall–Kier alpha value is -2.19. The van der Waals surface area contributed by atoms with Crippen molar-refractivity contribution in [2.75, 3.05) is 51.3 Å². The zero-order valence-corrected chi connectivity index (χ0v) is 17.9. The molecule has 1 saturated heterocycles. The molecule has 0 spiro atoms. The Morgan fingerprint density at radius 1 is 1.23 bits per heavy atom. The maximum Gasteiger partial charge on any atom is 0.222 e. The van der Waals surface area contributed by atoms with E-state index in [4.69, 9.17) is 9.26 Å². The molecule has 2 fully saturated rings. The molecule has 1 N–H and O–H groups in total. The van der Waals surface area contributed by atoms with E-state index in [0.29, 0.717) is 19.1 Å². The Balaban J connectivity index is 1.15. The van der Waals surface area contributed by atoms with Gasteiger partial charge in [0.15, 0.2) is 11.4 Å². The number of aromatic nitrogens is 2. The highest BCUT2D eigenvalue weighted by Crippen LogP contribution is 2.28. The highest BCUT2D eigenvalue weighted by molar-refractivity contribution is 5.87. The first-order valence-electron chi connectivity index (χ1n) is 11.2. The third-order valence-electron chi connectivity index (χ3n) is 6.52. The molecule has 30 heavy (non-hydrogen) atoms. The van der Waals surface area contributed by atoms with E-state index in [2.05, 4.69) is 25.3 Å². The fraction of sp³-hybridized carbons (Fsp3) is 0.682. The van der Waals surface area contributed by atoms with Gasteiger partial charge in [-0.25, -0.2) is 0 Å². The molecule has 2 aromatic rings. The van der Waals surface area contributed by atoms with Crippen LogP contribution in [0.15, 0.2) is 23.0 Å². The minimum atomic E-state index is 0.119. The standard InChI is InChI=1S/C22H33N5O3/c1-29-15-8-21(28)24-18-4-2-17(3-5-18)7-10-26-11-13-27(14-12-26)22-19-16-23-9-6-20(19)30-25-22/h6,9,16-18H,2-5,7-8,10-15H2,1H3,(H,24,28). The van der Waals surface area contributed by atoms with Gasteiger partial charge in [0.25, 0.3) is 0 Å². The first-order chi connectivity index (χ1) is 14.7. The molecule has 0 unspecified atom stereocenters. The second-order valence-corrected chi connectivity index (χ2v) is 8.52. The molecule has 0 aromatic carbocycles. The van der Waals surface area contributed by atoms with Gasteiger partial charge in [-0.1, -0.05) is 5.16 Å². The lowest BCUT2D eigenvalue weighted by molar-refractivity contribution is -0.122. The minimum absolute atomic E-state index is 0.119. The van der Waals surface area contributed by atoms with E-state index in [9.17, 15) is 4.79 Å². The van der Waals surface area contributed by atoms with E-state index in [1.165, 1.54) is 19.3 Å². The van der Waals surface area contributed by atoms with Crippen LogP contribution in [0.25, 0.3) is 11.0 Å². The van der Waals surface area contributed by atoms with E-state index < -0.39 is 0 Å². The van der Waals surface area contributed by atoms with Crippen LogP contribution in [0.4, 0.5) is 5.82 Å². The summed E-state index contributed by atoms with van der Waals surface area (Å²) in [4.78, 5) is 20.9. The molecule has 1 aliphatic carbocycles. The Bertz CT molecular complexity index is 810. The molecule has 0 radical (unpaired) electrons. The number of hydrogen-bond donors (Lipinski definition) is 1. The molecule has 8 heteroatoms. The van der Waals surface area contributed by atoms with Gasteiger partial charge in [-0.15, -0.1) is 0 Å². The molecule has 0 atom stereocenters. The van der Waals surface area contributed by atoms with Crippen LogP contribution < -0.4 is 10.2 Å². The van der Waals surface area contributed by atoms with E-state index >= 15 is 0 Å². The van der Waals surface area contributed by atoms with Crippen molar-refractivity contribution in [2.45, 2.75) is 44.6 Å². The van der Waals surface area contributed by atoms with E-state index in [-0.39, 0.29) is 5.91 Å². The molecule has 1 aliphatic heterocycles. The summed E-state index contributed by atoms with van der Waals surface area (Å²) < 4.78 is 10.4. The van der Waals surface area contributed by atoms with Crippen LogP contribution >= 0.6 is 0 Å². The number of nitrogens with one attached hydrogen (secondary N) is 1. The highest BCUT2D eigenvalue weighted by Gasteiger charge is 2.25. The lowest BCUT2D eigenvalue weighted by Crippen LogP contribution is -2.47. The van der Waals surface area contributed by atoms with Crippen molar-refractivity contribution in [1.82, 2.24) is 20.4 Å². The zero-order chi connectivity index (χ0) is 20.8. The van der Waals surface area contributed by atoms with Crippen LogP contribution in [-0.2, 0) is 9.53 Å². The minimum Gasteiger partial charge on any atom is -0.384 e. The smallest absolute Gasteiger partial charge is 0.222 e. The molecular formula is C22H33N5O3. The monoisotopic (exact) mass is 415 g/mol. The normalized spacial score (nSPS) is 23.0. The van der Waals surface area contributed by atoms with Gasteiger partial charge < -0.3 is 19.5 Å². The number of fused-ring (bicyclic) bond motifs is 1. The number of rotatable bonds is 8. The first-order valence-corrected chi connectivity index (χ1v) is 11.2. The van der Waals surface area contributed by atoms with E-state index in [1.807, 2.05) is 12.3 Å². The fourth-order valence-corrected chi connectivity index (χ4v) is 4.64. The molecule has 2 aliphatic rings. The molecule has 2 aromatic heterocycles. The summed E-state index contributed by atoms with van der Waals surface area (Å²) in [6.45, 7) is 5.70. The third-order valence-corrected chi connectivity index (χ3v) is 6.52. The number of methoxy groups -OCH3 is 1. The number of ether oxygens (including phenoxy) is 1. The van der Waals surface area contributed by atoms with Gasteiger partial charge in [0.1, 0.15) is 0 Å². The van der Waals surface area contributed by atoms with Crippen LogP contribution in [0.2, 0.25) is 0 Å². The predicted octanol–water partition coefficient (Wildman–Crippen LogP) is 2.45. The van der Waals surface area contributed by atoms with Gasteiger partial charge in [-0.2, -0.15) is 0 Å². The van der Waals surface area contributed by atoms with Crippen LogP contribution in [0.3, 0.4) is 0 Å². The van der Waals surface area contributed by atoms with Gasteiger partial charge in [0, 0.05) is 64.2 Å². The summed E-state index contributed by atoms with van der Waals surface area (Å²) in [5, 5.41) is 8.42. The maximum atomic E-state index is 11.9. The lowest BCUT2D eigenvalue weighted by atomic mass is 9.84. The Morgan fingerprint density at radius 2 is 2.03 bits per heavy atom. The van der Waals surface area contributed by atoms with Gasteiger partial charge in [0.05, 0.1) is 12.0 Å². The number of anilines is 1. The second kappa shape index (κ2) is 10.2. The molecule has 0 bridgehead atoms. The Kier molecular flexibility index (Phi) is 7.17. The molecule has 1 saturated carbocycles. The largest absolute Gasteiger partial charge is 0.384 e. The fourth-order valence-electron chi connectivity index (χ4n) is 4.64. The average Bonchev–Trinajstić information content (AvgIpc) is 3.22. The van der Waals surface area contributed by atoms with E-state index in [0.717, 1.165) is 68.3 Å². The number of carbonyl (C=O) groups excluding carboxylic acids is 1. The third kappa shape index (κ3) is 5.29. The summed E-state index contributed by atoms with van der Waals surface area (Å²) in [5.41, 5.74) is 0.799. The van der Waals surface area contributed by atoms with Gasteiger partial charge in [0.2, 0.25) is 5.91 Å². The number of amides is 1. The topological polar surface area (TPSA) is 83.7 Å². The summed E-state index contributed by atoms with van der Waals surface area (Å²) in [5.74, 6) is 1.82.